The van der Waals surface area contributed by atoms with E-state index in [-0.39, 0.29) is 23.2 Å². The second kappa shape index (κ2) is 5.27. The zero-order valence-electron chi connectivity index (χ0n) is 10.9. The van der Waals surface area contributed by atoms with Gasteiger partial charge < -0.3 is 11.1 Å². The van der Waals surface area contributed by atoms with Crippen LogP contribution in [0, 0.1) is 0 Å². The van der Waals surface area contributed by atoms with E-state index in [0.29, 0.717) is 12.4 Å². The molecule has 0 spiro atoms. The zero-order valence-corrected chi connectivity index (χ0v) is 10.9. The Morgan fingerprint density at radius 1 is 1.53 bits per heavy atom. The highest BCUT2D eigenvalue weighted by Crippen LogP contribution is 2.17. The Kier molecular flexibility index (Phi) is 4.22. The molecule has 6 nitrogen and oxygen atoms in total. The first-order valence-electron chi connectivity index (χ1n) is 5.82. The molecule has 1 unspecified atom stereocenters. The first-order valence-corrected chi connectivity index (χ1v) is 5.82. The molecule has 1 atom stereocenters. The number of amides is 1. The maximum absolute atomic E-state index is 11.8. The summed E-state index contributed by atoms with van der Waals surface area (Å²) in [6.07, 6.45) is 0.790. The third kappa shape index (κ3) is 3.52. The highest BCUT2D eigenvalue weighted by atomic mass is 16.2. The van der Waals surface area contributed by atoms with E-state index in [2.05, 4.69) is 20.5 Å². The van der Waals surface area contributed by atoms with E-state index in [4.69, 9.17) is 5.73 Å². The van der Waals surface area contributed by atoms with E-state index >= 15 is 0 Å². The molecule has 0 aliphatic carbocycles. The van der Waals surface area contributed by atoms with Crippen LogP contribution >= 0.6 is 0 Å². The second-order valence-electron chi connectivity index (χ2n) is 5.07. The van der Waals surface area contributed by atoms with E-state index in [1.165, 1.54) is 0 Å². The lowest BCUT2D eigenvalue weighted by atomic mass is 9.96. The minimum Gasteiger partial charge on any atom is -0.345 e. The Bertz CT molecular complexity index is 375. The molecule has 0 saturated heterocycles. The van der Waals surface area contributed by atoms with Gasteiger partial charge in [-0.3, -0.25) is 9.89 Å². The fourth-order valence-electron chi connectivity index (χ4n) is 1.28. The number of H-pyrrole nitrogens is 1. The number of nitrogens with two attached hydrogens (primary N) is 1. The van der Waals surface area contributed by atoms with Crippen molar-refractivity contribution in [3.8, 4) is 0 Å². The smallest absolute Gasteiger partial charge is 0.291 e. The maximum Gasteiger partial charge on any atom is 0.291 e. The predicted molar refractivity (Wildman–Crippen MR) is 65.7 cm³/mol. The summed E-state index contributed by atoms with van der Waals surface area (Å²) in [6, 6.07) is -0.0286. The van der Waals surface area contributed by atoms with Gasteiger partial charge in [0.05, 0.1) is 0 Å². The molecule has 1 rings (SSSR count). The molecule has 1 amide bonds. The SMILES string of the molecule is CCC(CN)NC(=O)c1n[nH]c(C(C)(C)C)n1. The number of carbonyl (C=O) groups excluding carboxylic acids is 1. The fourth-order valence-corrected chi connectivity index (χ4v) is 1.28. The first-order chi connectivity index (χ1) is 7.88. The molecule has 0 bridgehead atoms. The van der Waals surface area contributed by atoms with E-state index in [1.54, 1.807) is 0 Å². The van der Waals surface area contributed by atoms with Gasteiger partial charge in [-0.05, 0) is 6.42 Å². The Morgan fingerprint density at radius 3 is 2.59 bits per heavy atom. The summed E-state index contributed by atoms with van der Waals surface area (Å²) in [5.74, 6) is 0.583. The number of carbonyl (C=O) groups is 1. The number of aromatic nitrogens is 3. The monoisotopic (exact) mass is 239 g/mol. The molecule has 6 heteroatoms. The highest BCUT2D eigenvalue weighted by Gasteiger charge is 2.22. The largest absolute Gasteiger partial charge is 0.345 e. The summed E-state index contributed by atoms with van der Waals surface area (Å²) in [4.78, 5) is 16.0. The van der Waals surface area contributed by atoms with Crippen molar-refractivity contribution in [2.45, 2.75) is 45.6 Å². The van der Waals surface area contributed by atoms with Crippen LogP contribution in [0.2, 0.25) is 0 Å². The predicted octanol–water partition coefficient (Wildman–Crippen LogP) is 0.569. The summed E-state index contributed by atoms with van der Waals surface area (Å²) in [5.41, 5.74) is 5.37. The van der Waals surface area contributed by atoms with E-state index in [1.807, 2.05) is 27.7 Å². The maximum atomic E-state index is 11.8. The van der Waals surface area contributed by atoms with Crippen molar-refractivity contribution in [1.82, 2.24) is 20.5 Å². The van der Waals surface area contributed by atoms with E-state index < -0.39 is 0 Å². The van der Waals surface area contributed by atoms with Crippen LogP contribution in [0.25, 0.3) is 0 Å². The Balaban J connectivity index is 2.74. The van der Waals surface area contributed by atoms with Crippen molar-refractivity contribution >= 4 is 5.91 Å². The third-order valence-electron chi connectivity index (χ3n) is 2.51. The summed E-state index contributed by atoms with van der Waals surface area (Å²) < 4.78 is 0. The Morgan fingerprint density at radius 2 is 2.18 bits per heavy atom. The lowest BCUT2D eigenvalue weighted by Crippen LogP contribution is -2.40. The van der Waals surface area contributed by atoms with E-state index in [0.717, 1.165) is 6.42 Å². The third-order valence-corrected chi connectivity index (χ3v) is 2.51. The Labute approximate surface area is 101 Å². The van der Waals surface area contributed by atoms with Gasteiger partial charge in [0.2, 0.25) is 5.82 Å². The van der Waals surface area contributed by atoms with Gasteiger partial charge in [0, 0.05) is 18.0 Å². The van der Waals surface area contributed by atoms with Crippen molar-refractivity contribution in [2.75, 3.05) is 6.54 Å². The average Bonchev–Trinajstić information content (AvgIpc) is 2.74. The van der Waals surface area contributed by atoms with Crippen molar-refractivity contribution in [2.24, 2.45) is 5.73 Å². The summed E-state index contributed by atoms with van der Waals surface area (Å²) >= 11 is 0. The topological polar surface area (TPSA) is 96.7 Å². The summed E-state index contributed by atoms with van der Waals surface area (Å²) in [6.45, 7) is 8.40. The Hall–Kier alpha value is -1.43. The lowest BCUT2D eigenvalue weighted by molar-refractivity contribution is 0.0927. The van der Waals surface area contributed by atoms with Gasteiger partial charge in [0.15, 0.2) is 0 Å². The lowest BCUT2D eigenvalue weighted by Gasteiger charge is -2.13. The van der Waals surface area contributed by atoms with Crippen LogP contribution in [0.15, 0.2) is 0 Å². The van der Waals surface area contributed by atoms with Crippen molar-refractivity contribution in [3.05, 3.63) is 11.6 Å². The van der Waals surface area contributed by atoms with Crippen LogP contribution in [0.4, 0.5) is 0 Å². The van der Waals surface area contributed by atoms with Crippen molar-refractivity contribution < 1.29 is 4.79 Å². The molecular formula is C11H21N5O. The highest BCUT2D eigenvalue weighted by molar-refractivity contribution is 5.90. The normalized spacial score (nSPS) is 13.5. The quantitative estimate of drug-likeness (QED) is 0.715. The van der Waals surface area contributed by atoms with Gasteiger partial charge in [-0.1, -0.05) is 27.7 Å². The first kappa shape index (κ1) is 13.6. The summed E-state index contributed by atoms with van der Waals surface area (Å²) in [5, 5.41) is 9.49. The summed E-state index contributed by atoms with van der Waals surface area (Å²) in [7, 11) is 0. The van der Waals surface area contributed by atoms with Gasteiger partial charge in [0.1, 0.15) is 5.82 Å². The molecule has 0 fully saturated rings. The average molecular weight is 239 g/mol. The molecule has 96 valence electrons. The van der Waals surface area contributed by atoms with Crippen LogP contribution in [-0.2, 0) is 5.41 Å². The van der Waals surface area contributed by atoms with E-state index in [9.17, 15) is 4.79 Å². The molecule has 4 N–H and O–H groups in total. The van der Waals surface area contributed by atoms with Crippen LogP contribution in [0.5, 0.6) is 0 Å². The van der Waals surface area contributed by atoms with Crippen LogP contribution in [-0.4, -0.2) is 33.7 Å². The second-order valence-corrected chi connectivity index (χ2v) is 5.07. The number of nitrogens with zero attached hydrogens (tertiary/aromatic N) is 2. The minimum absolute atomic E-state index is 0.0286. The van der Waals surface area contributed by atoms with Crippen LogP contribution in [0.1, 0.15) is 50.6 Å². The number of rotatable bonds is 4. The molecule has 17 heavy (non-hydrogen) atoms. The molecule has 1 aromatic heterocycles. The molecule has 0 saturated carbocycles. The molecule has 1 heterocycles. The molecule has 0 aromatic carbocycles. The minimum atomic E-state index is -0.283. The van der Waals surface area contributed by atoms with Gasteiger partial charge in [-0.15, -0.1) is 5.10 Å². The molecule has 0 radical (unpaired) electrons. The van der Waals surface area contributed by atoms with Crippen molar-refractivity contribution in [3.63, 3.8) is 0 Å². The zero-order chi connectivity index (χ0) is 13.1. The molecule has 0 aliphatic heterocycles. The molecule has 0 aliphatic rings. The van der Waals surface area contributed by atoms with Gasteiger partial charge in [-0.25, -0.2) is 4.98 Å². The number of hydrogen-bond donors (Lipinski definition) is 3. The standard InChI is InChI=1S/C11H21N5O/c1-5-7(6-12)13-9(17)8-14-10(16-15-8)11(2,3)4/h7H,5-6,12H2,1-4H3,(H,13,17)(H,14,15,16). The molecule has 1 aromatic rings. The number of aromatic amines is 1. The van der Waals surface area contributed by atoms with Crippen LogP contribution in [0.3, 0.4) is 0 Å². The van der Waals surface area contributed by atoms with Crippen LogP contribution < -0.4 is 11.1 Å². The van der Waals surface area contributed by atoms with Crippen molar-refractivity contribution in [1.29, 1.82) is 0 Å². The number of nitrogens with one attached hydrogen (secondary N) is 2. The van der Waals surface area contributed by atoms with Gasteiger partial charge in [-0.2, -0.15) is 0 Å². The van der Waals surface area contributed by atoms with Gasteiger partial charge >= 0.3 is 0 Å². The van der Waals surface area contributed by atoms with Gasteiger partial charge in [0.25, 0.3) is 5.91 Å². The molecular weight excluding hydrogens is 218 g/mol. The number of hydrogen-bond acceptors (Lipinski definition) is 4. The fraction of sp³-hybridized carbons (Fsp3) is 0.727.